The number of halogens is 2. The summed E-state index contributed by atoms with van der Waals surface area (Å²) >= 11 is 6.82. The molecule has 0 bridgehead atoms. The van der Waals surface area contributed by atoms with Gasteiger partial charge in [0.25, 0.3) is 0 Å². The van der Waals surface area contributed by atoms with Gasteiger partial charge in [0.15, 0.2) is 0 Å². The first kappa shape index (κ1) is 10.8. The third kappa shape index (κ3) is 2.12. The molecule has 0 saturated carbocycles. The second kappa shape index (κ2) is 4.43. The Morgan fingerprint density at radius 2 is 2.27 bits per heavy atom. The first-order valence-corrected chi connectivity index (χ1v) is 5.97. The summed E-state index contributed by atoms with van der Waals surface area (Å²) in [5.74, 6) is 0.779. The molecule has 1 unspecified atom stereocenters. The fourth-order valence-electron chi connectivity index (χ4n) is 1.59. The molecule has 6 heteroatoms. The van der Waals surface area contributed by atoms with Crippen molar-refractivity contribution in [3.63, 3.8) is 0 Å². The Kier molecular flexibility index (Phi) is 3.19. The molecule has 0 saturated heterocycles. The predicted octanol–water partition coefficient (Wildman–Crippen LogP) is 4.35. The highest BCUT2D eigenvalue weighted by molar-refractivity contribution is 9.11. The summed E-state index contributed by atoms with van der Waals surface area (Å²) in [4.78, 5) is 2.86. The number of fused-ring (bicyclic) bond motifs is 1. The van der Waals surface area contributed by atoms with Crippen LogP contribution in [-0.2, 0) is 0 Å². The summed E-state index contributed by atoms with van der Waals surface area (Å²) in [5, 5.41) is 3.77. The van der Waals surface area contributed by atoms with Crippen molar-refractivity contribution in [2.24, 2.45) is 5.11 Å². The Hall–Kier alpha value is -0.710. The summed E-state index contributed by atoms with van der Waals surface area (Å²) < 4.78 is 7.36. The van der Waals surface area contributed by atoms with Gasteiger partial charge in [-0.25, -0.2) is 0 Å². The Bertz CT molecular complexity index is 443. The van der Waals surface area contributed by atoms with Gasteiger partial charge in [-0.05, 0) is 40.0 Å². The molecule has 1 heterocycles. The van der Waals surface area contributed by atoms with Crippen LogP contribution in [0.3, 0.4) is 0 Å². The van der Waals surface area contributed by atoms with Gasteiger partial charge in [-0.2, -0.15) is 0 Å². The molecular formula is C9H7Br2N3O. The van der Waals surface area contributed by atoms with Gasteiger partial charge in [-0.1, -0.05) is 21.0 Å². The van der Waals surface area contributed by atoms with Crippen LogP contribution in [0.5, 0.6) is 5.75 Å². The predicted molar refractivity (Wildman–Crippen MR) is 63.8 cm³/mol. The molecule has 1 aromatic rings. The second-order valence-electron chi connectivity index (χ2n) is 3.16. The molecule has 1 atom stereocenters. The summed E-state index contributed by atoms with van der Waals surface area (Å²) in [7, 11) is 0. The summed E-state index contributed by atoms with van der Waals surface area (Å²) in [6, 6.07) is 3.71. The minimum absolute atomic E-state index is 0.132. The molecule has 15 heavy (non-hydrogen) atoms. The van der Waals surface area contributed by atoms with Crippen LogP contribution < -0.4 is 4.74 Å². The topological polar surface area (TPSA) is 58.0 Å². The lowest BCUT2D eigenvalue weighted by Crippen LogP contribution is -2.12. The average molecular weight is 333 g/mol. The minimum atomic E-state index is -0.132. The first-order chi connectivity index (χ1) is 7.22. The Morgan fingerprint density at radius 1 is 1.47 bits per heavy atom. The number of rotatable bonds is 1. The van der Waals surface area contributed by atoms with Crippen LogP contribution >= 0.6 is 31.9 Å². The van der Waals surface area contributed by atoms with E-state index >= 15 is 0 Å². The second-order valence-corrected chi connectivity index (χ2v) is 4.93. The normalized spacial score (nSPS) is 18.7. The zero-order chi connectivity index (χ0) is 10.8. The third-order valence-corrected chi connectivity index (χ3v) is 3.27. The largest absolute Gasteiger partial charge is 0.492 e. The van der Waals surface area contributed by atoms with Gasteiger partial charge in [-0.3, -0.25) is 0 Å². The number of hydrogen-bond donors (Lipinski definition) is 0. The molecule has 0 amide bonds. The molecule has 0 N–H and O–H groups in total. The SMILES string of the molecule is [N-]=[N+]=NC1CCOc2c(Br)cc(Br)cc21. The molecule has 0 radical (unpaired) electrons. The number of hydrogen-bond acceptors (Lipinski definition) is 2. The highest BCUT2D eigenvalue weighted by Crippen LogP contribution is 2.41. The van der Waals surface area contributed by atoms with Gasteiger partial charge in [0.2, 0.25) is 0 Å². The van der Waals surface area contributed by atoms with Crippen LogP contribution in [0.2, 0.25) is 0 Å². The van der Waals surface area contributed by atoms with Crippen molar-refractivity contribution in [2.45, 2.75) is 12.5 Å². The zero-order valence-corrected chi connectivity index (χ0v) is 10.8. The molecule has 0 fully saturated rings. The standard InChI is InChI=1S/C9H7Br2N3O/c10-5-3-6-8(13-14-12)1-2-15-9(6)7(11)4-5/h3-4,8H,1-2H2. The lowest BCUT2D eigenvalue weighted by molar-refractivity contribution is 0.267. The number of azide groups is 1. The van der Waals surface area contributed by atoms with Crippen molar-refractivity contribution in [2.75, 3.05) is 6.61 Å². The summed E-state index contributed by atoms with van der Waals surface area (Å²) in [5.41, 5.74) is 9.41. The average Bonchev–Trinajstić information content (AvgIpc) is 2.19. The van der Waals surface area contributed by atoms with Crippen LogP contribution in [0, 0.1) is 0 Å². The van der Waals surface area contributed by atoms with Crippen LogP contribution in [-0.4, -0.2) is 6.61 Å². The summed E-state index contributed by atoms with van der Waals surface area (Å²) in [6.07, 6.45) is 0.722. The molecule has 78 valence electrons. The molecule has 2 rings (SSSR count). The maximum Gasteiger partial charge on any atom is 0.137 e. The fraction of sp³-hybridized carbons (Fsp3) is 0.333. The minimum Gasteiger partial charge on any atom is -0.492 e. The van der Waals surface area contributed by atoms with E-state index in [2.05, 4.69) is 41.9 Å². The fourth-order valence-corrected chi connectivity index (χ4v) is 2.96. The molecular weight excluding hydrogens is 326 g/mol. The van der Waals surface area contributed by atoms with E-state index in [1.807, 2.05) is 12.1 Å². The van der Waals surface area contributed by atoms with Crippen LogP contribution in [0.1, 0.15) is 18.0 Å². The van der Waals surface area contributed by atoms with Gasteiger partial charge in [0, 0.05) is 14.9 Å². The van der Waals surface area contributed by atoms with Crippen molar-refractivity contribution >= 4 is 31.9 Å². The summed E-state index contributed by atoms with van der Waals surface area (Å²) in [6.45, 7) is 0.580. The van der Waals surface area contributed by atoms with Crippen molar-refractivity contribution < 1.29 is 4.74 Å². The molecule has 1 aliphatic heterocycles. The van der Waals surface area contributed by atoms with Gasteiger partial charge >= 0.3 is 0 Å². The number of benzene rings is 1. The van der Waals surface area contributed by atoms with Crippen molar-refractivity contribution in [3.8, 4) is 5.75 Å². The monoisotopic (exact) mass is 331 g/mol. The van der Waals surface area contributed by atoms with Gasteiger partial charge < -0.3 is 4.74 Å². The van der Waals surface area contributed by atoms with E-state index < -0.39 is 0 Å². The molecule has 0 aliphatic carbocycles. The van der Waals surface area contributed by atoms with E-state index in [1.165, 1.54) is 0 Å². The van der Waals surface area contributed by atoms with Crippen molar-refractivity contribution in [1.82, 2.24) is 0 Å². The van der Waals surface area contributed by atoms with E-state index in [0.717, 1.165) is 26.7 Å². The highest BCUT2D eigenvalue weighted by atomic mass is 79.9. The Morgan fingerprint density at radius 3 is 3.00 bits per heavy atom. The molecule has 1 aliphatic rings. The van der Waals surface area contributed by atoms with Gasteiger partial charge in [0.05, 0.1) is 17.1 Å². The molecule has 1 aromatic carbocycles. The Balaban J connectivity index is 2.55. The maximum absolute atomic E-state index is 8.48. The smallest absolute Gasteiger partial charge is 0.137 e. The molecule has 4 nitrogen and oxygen atoms in total. The van der Waals surface area contributed by atoms with Crippen molar-refractivity contribution in [1.29, 1.82) is 0 Å². The lowest BCUT2D eigenvalue weighted by atomic mass is 10.0. The van der Waals surface area contributed by atoms with E-state index in [1.54, 1.807) is 0 Å². The maximum atomic E-state index is 8.48. The van der Waals surface area contributed by atoms with E-state index in [4.69, 9.17) is 10.3 Å². The zero-order valence-electron chi connectivity index (χ0n) is 7.65. The Labute approximate surface area is 104 Å². The number of ether oxygens (including phenoxy) is 1. The van der Waals surface area contributed by atoms with E-state index in [0.29, 0.717) is 6.61 Å². The quantitative estimate of drug-likeness (QED) is 0.428. The van der Waals surface area contributed by atoms with Gasteiger partial charge in [0.1, 0.15) is 5.75 Å². The third-order valence-electron chi connectivity index (χ3n) is 2.22. The first-order valence-electron chi connectivity index (χ1n) is 4.38. The van der Waals surface area contributed by atoms with E-state index in [9.17, 15) is 0 Å². The van der Waals surface area contributed by atoms with Crippen LogP contribution in [0.25, 0.3) is 10.4 Å². The van der Waals surface area contributed by atoms with Crippen molar-refractivity contribution in [3.05, 3.63) is 37.1 Å². The van der Waals surface area contributed by atoms with Crippen LogP contribution in [0.4, 0.5) is 0 Å². The van der Waals surface area contributed by atoms with Crippen LogP contribution in [0.15, 0.2) is 26.2 Å². The lowest BCUT2D eigenvalue weighted by Gasteiger charge is -2.23. The van der Waals surface area contributed by atoms with Gasteiger partial charge in [-0.15, -0.1) is 0 Å². The molecule has 0 spiro atoms. The number of nitrogens with zero attached hydrogens (tertiary/aromatic N) is 3. The highest BCUT2D eigenvalue weighted by Gasteiger charge is 2.22. The van der Waals surface area contributed by atoms with E-state index in [-0.39, 0.29) is 6.04 Å². The molecule has 0 aromatic heterocycles.